The molecule has 27 heavy (non-hydrogen) atoms. The molecule has 2 atom stereocenters. The molecule has 1 aromatic carbocycles. The first-order valence-electron chi connectivity index (χ1n) is 8.70. The third kappa shape index (κ3) is 6.71. The topological polar surface area (TPSA) is 77.8 Å². The highest BCUT2D eigenvalue weighted by Crippen LogP contribution is 2.24. The average molecular weight is 385 g/mol. The van der Waals surface area contributed by atoms with Gasteiger partial charge in [-0.15, -0.1) is 0 Å². The van der Waals surface area contributed by atoms with Gasteiger partial charge in [0.05, 0.1) is 17.7 Å². The Balaban J connectivity index is 1.89. The van der Waals surface area contributed by atoms with Crippen molar-refractivity contribution >= 4 is 11.9 Å². The number of benzene rings is 1. The van der Waals surface area contributed by atoms with Crippen molar-refractivity contribution in [1.29, 1.82) is 0 Å². The van der Waals surface area contributed by atoms with Crippen molar-refractivity contribution in [2.24, 2.45) is 0 Å². The number of nitrogens with zero attached hydrogens (tertiary/aromatic N) is 1. The maximum atomic E-state index is 12.2. The zero-order chi connectivity index (χ0) is 20.0. The van der Waals surface area contributed by atoms with Gasteiger partial charge in [-0.1, -0.05) is 24.3 Å². The molecule has 1 aliphatic heterocycles. The fraction of sp³-hybridized carbons (Fsp3) is 0.474. The summed E-state index contributed by atoms with van der Waals surface area (Å²) in [5, 5.41) is 18.6. The van der Waals surface area contributed by atoms with E-state index in [4.69, 9.17) is 5.11 Å². The summed E-state index contributed by atoms with van der Waals surface area (Å²) in [7, 11) is 0. The standard InChI is InChI=1S/C19H22F3NO4/c20-19(21,22)11-9-16(24)7-5-15-6-8-17(25)23(15)12-10-13-1-3-14(4-2-13)18(26)27/h1-5,7,15-16,24H,6,8-12H2,(H,26,27)/b7-5-. The Hall–Kier alpha value is -2.35. The Bertz CT molecular complexity index is 685. The molecule has 0 radical (unpaired) electrons. The number of amides is 1. The highest BCUT2D eigenvalue weighted by atomic mass is 19.4. The number of halogens is 3. The number of aromatic carboxylic acids is 1. The van der Waals surface area contributed by atoms with Gasteiger partial charge < -0.3 is 15.1 Å². The summed E-state index contributed by atoms with van der Waals surface area (Å²) in [6.07, 6.45) is -2.61. The molecule has 2 N–H and O–H groups in total. The Labute approximate surface area is 155 Å². The Kier molecular flexibility index (Phi) is 7.01. The first kappa shape index (κ1) is 21.0. The number of carbonyl (C=O) groups is 2. The molecule has 1 amide bonds. The summed E-state index contributed by atoms with van der Waals surface area (Å²) in [4.78, 5) is 24.5. The number of likely N-dealkylation sites (tertiary alicyclic amines) is 1. The Morgan fingerprint density at radius 3 is 2.56 bits per heavy atom. The second-order valence-electron chi connectivity index (χ2n) is 6.55. The van der Waals surface area contributed by atoms with E-state index in [1.54, 1.807) is 23.1 Å². The first-order valence-corrected chi connectivity index (χ1v) is 8.70. The van der Waals surface area contributed by atoms with Crippen LogP contribution in [-0.2, 0) is 11.2 Å². The number of rotatable bonds is 8. The molecule has 0 bridgehead atoms. The van der Waals surface area contributed by atoms with Gasteiger partial charge in [-0.3, -0.25) is 4.79 Å². The molecule has 148 valence electrons. The third-order valence-electron chi connectivity index (χ3n) is 4.50. The monoisotopic (exact) mass is 385 g/mol. The predicted octanol–water partition coefficient (Wildman–Crippen LogP) is 3.18. The maximum absolute atomic E-state index is 12.2. The van der Waals surface area contributed by atoms with E-state index in [1.165, 1.54) is 18.2 Å². The SMILES string of the molecule is O=C(O)c1ccc(CCN2C(=O)CCC2/C=C\C(O)CCC(F)(F)F)cc1. The molecule has 2 rings (SSSR count). The molecule has 1 aromatic rings. The summed E-state index contributed by atoms with van der Waals surface area (Å²) in [6, 6.07) is 6.12. The van der Waals surface area contributed by atoms with Crippen LogP contribution in [0.5, 0.6) is 0 Å². The van der Waals surface area contributed by atoms with Crippen molar-refractivity contribution in [3.05, 3.63) is 47.5 Å². The zero-order valence-corrected chi connectivity index (χ0v) is 14.7. The number of hydrogen-bond donors (Lipinski definition) is 2. The third-order valence-corrected chi connectivity index (χ3v) is 4.50. The van der Waals surface area contributed by atoms with Crippen LogP contribution >= 0.6 is 0 Å². The number of aliphatic hydroxyl groups excluding tert-OH is 1. The van der Waals surface area contributed by atoms with Gasteiger partial charge in [0.2, 0.25) is 5.91 Å². The van der Waals surface area contributed by atoms with E-state index in [1.807, 2.05) is 0 Å². The van der Waals surface area contributed by atoms with Gasteiger partial charge >= 0.3 is 12.1 Å². The van der Waals surface area contributed by atoms with Crippen molar-refractivity contribution in [3.63, 3.8) is 0 Å². The number of aliphatic hydroxyl groups is 1. The number of carbonyl (C=O) groups excluding carboxylic acids is 1. The predicted molar refractivity (Wildman–Crippen MR) is 92.3 cm³/mol. The number of hydrogen-bond acceptors (Lipinski definition) is 3. The number of carboxylic acids is 1. The molecule has 8 heteroatoms. The lowest BCUT2D eigenvalue weighted by molar-refractivity contribution is -0.138. The average Bonchev–Trinajstić information content (AvgIpc) is 2.96. The minimum atomic E-state index is -4.31. The smallest absolute Gasteiger partial charge is 0.389 e. The van der Waals surface area contributed by atoms with E-state index < -0.39 is 31.1 Å². The molecule has 0 aromatic heterocycles. The van der Waals surface area contributed by atoms with E-state index in [0.717, 1.165) is 5.56 Å². The van der Waals surface area contributed by atoms with Gasteiger partial charge in [0.1, 0.15) is 0 Å². The molecule has 0 saturated carbocycles. The second kappa shape index (κ2) is 9.03. The van der Waals surface area contributed by atoms with Crippen molar-refractivity contribution < 1.29 is 33.0 Å². The van der Waals surface area contributed by atoms with Gasteiger partial charge in [0, 0.05) is 19.4 Å². The summed E-state index contributed by atoms with van der Waals surface area (Å²) in [5.74, 6) is -1.05. The molecule has 5 nitrogen and oxygen atoms in total. The first-order chi connectivity index (χ1) is 12.7. The van der Waals surface area contributed by atoms with Crippen LogP contribution in [0.4, 0.5) is 13.2 Å². The van der Waals surface area contributed by atoms with Crippen LogP contribution in [0.2, 0.25) is 0 Å². The van der Waals surface area contributed by atoms with E-state index in [9.17, 15) is 27.9 Å². The van der Waals surface area contributed by atoms with Crippen LogP contribution in [0.15, 0.2) is 36.4 Å². The number of carboxylic acid groups (broad SMARTS) is 1. The molecule has 1 fully saturated rings. The molecular formula is C19H22F3NO4. The van der Waals surface area contributed by atoms with Gasteiger partial charge in [0.25, 0.3) is 0 Å². The van der Waals surface area contributed by atoms with Crippen LogP contribution in [0.25, 0.3) is 0 Å². The van der Waals surface area contributed by atoms with E-state index in [0.29, 0.717) is 25.8 Å². The Morgan fingerprint density at radius 1 is 1.30 bits per heavy atom. The van der Waals surface area contributed by atoms with Crippen molar-refractivity contribution in [2.75, 3.05) is 6.54 Å². The maximum Gasteiger partial charge on any atom is 0.389 e. The minimum Gasteiger partial charge on any atom is -0.478 e. The normalized spacial score (nSPS) is 19.0. The van der Waals surface area contributed by atoms with Gasteiger partial charge in [-0.05, 0) is 37.0 Å². The van der Waals surface area contributed by atoms with Crippen LogP contribution in [0.3, 0.4) is 0 Å². The summed E-state index contributed by atoms with van der Waals surface area (Å²) >= 11 is 0. The van der Waals surface area contributed by atoms with Crippen LogP contribution < -0.4 is 0 Å². The molecule has 0 aliphatic carbocycles. The molecule has 2 unspecified atom stereocenters. The lowest BCUT2D eigenvalue weighted by atomic mass is 10.1. The van der Waals surface area contributed by atoms with Gasteiger partial charge in [-0.25, -0.2) is 4.79 Å². The fourth-order valence-electron chi connectivity index (χ4n) is 2.97. The summed E-state index contributed by atoms with van der Waals surface area (Å²) in [6.45, 7) is 0.416. The minimum absolute atomic E-state index is 0.0448. The highest BCUT2D eigenvalue weighted by Gasteiger charge is 2.30. The summed E-state index contributed by atoms with van der Waals surface area (Å²) < 4.78 is 36.5. The Morgan fingerprint density at radius 2 is 1.96 bits per heavy atom. The van der Waals surface area contributed by atoms with E-state index in [2.05, 4.69) is 0 Å². The van der Waals surface area contributed by atoms with E-state index in [-0.39, 0.29) is 17.5 Å². The molecule has 0 spiro atoms. The second-order valence-corrected chi connectivity index (χ2v) is 6.55. The van der Waals surface area contributed by atoms with Crippen LogP contribution in [0.1, 0.15) is 41.6 Å². The fourth-order valence-corrected chi connectivity index (χ4v) is 2.97. The molecule has 1 saturated heterocycles. The highest BCUT2D eigenvalue weighted by molar-refractivity contribution is 5.87. The van der Waals surface area contributed by atoms with Gasteiger partial charge in [-0.2, -0.15) is 13.2 Å². The van der Waals surface area contributed by atoms with Crippen molar-refractivity contribution in [3.8, 4) is 0 Å². The lowest BCUT2D eigenvalue weighted by Crippen LogP contribution is -2.33. The molecule has 1 aliphatic rings. The van der Waals surface area contributed by atoms with Crippen molar-refractivity contribution in [1.82, 2.24) is 4.90 Å². The number of alkyl halides is 3. The zero-order valence-electron chi connectivity index (χ0n) is 14.7. The van der Waals surface area contributed by atoms with Crippen LogP contribution in [0, 0.1) is 0 Å². The lowest BCUT2D eigenvalue weighted by Gasteiger charge is -2.23. The molecular weight excluding hydrogens is 363 g/mol. The van der Waals surface area contributed by atoms with Crippen LogP contribution in [-0.4, -0.2) is 51.9 Å². The quantitative estimate of drug-likeness (QED) is 0.674. The van der Waals surface area contributed by atoms with E-state index >= 15 is 0 Å². The largest absolute Gasteiger partial charge is 0.478 e. The van der Waals surface area contributed by atoms with Crippen molar-refractivity contribution in [2.45, 2.75) is 50.4 Å². The summed E-state index contributed by atoms with van der Waals surface area (Å²) in [5.41, 5.74) is 1.07. The molecule has 1 heterocycles. The van der Waals surface area contributed by atoms with Gasteiger partial charge in [0.15, 0.2) is 0 Å².